The molecule has 154 valence electrons. The van der Waals surface area contributed by atoms with E-state index in [2.05, 4.69) is 6.92 Å². The lowest BCUT2D eigenvalue weighted by Gasteiger charge is -2.21. The van der Waals surface area contributed by atoms with Gasteiger partial charge in [0, 0.05) is 0 Å². The Balaban J connectivity index is 1.82. The molecular weight excluding hydrogens is 344 g/mol. The van der Waals surface area contributed by atoms with Gasteiger partial charge >= 0.3 is 5.97 Å². The third-order valence-electron chi connectivity index (χ3n) is 5.72. The Morgan fingerprint density at radius 3 is 1.77 bits per heavy atom. The number of hydrogen-bond donors (Lipinski definition) is 0. The summed E-state index contributed by atoms with van der Waals surface area (Å²) < 4.78 is 5.42. The fraction of sp³-hybridized carbons (Fsp3) is 0.957. The molecule has 1 rings (SSSR count). The number of carbonyl (C=O) groups is 1. The van der Waals surface area contributed by atoms with E-state index >= 15 is 0 Å². The molecule has 0 aromatic rings. The Hall–Kier alpha value is -0.240. The van der Waals surface area contributed by atoms with E-state index in [9.17, 15) is 4.79 Å². The molecule has 0 amide bonds. The van der Waals surface area contributed by atoms with Crippen LogP contribution in [0.2, 0.25) is 0 Å². The van der Waals surface area contributed by atoms with Gasteiger partial charge in [-0.05, 0) is 25.7 Å². The van der Waals surface area contributed by atoms with Crippen LogP contribution in [-0.4, -0.2) is 11.5 Å². The number of hydrogen-bond acceptors (Lipinski definition) is 2. The van der Waals surface area contributed by atoms with Crippen LogP contribution in [0.3, 0.4) is 0 Å². The van der Waals surface area contributed by atoms with Gasteiger partial charge in [0.25, 0.3) is 0 Å². The molecule has 0 aromatic heterocycles. The summed E-state index contributed by atoms with van der Waals surface area (Å²) in [5.41, 5.74) is -0.419. The van der Waals surface area contributed by atoms with Crippen molar-refractivity contribution >= 4 is 17.6 Å². The van der Waals surface area contributed by atoms with Crippen LogP contribution in [0.1, 0.15) is 129 Å². The highest BCUT2D eigenvalue weighted by molar-refractivity contribution is 6.20. The molecular formula is C23H43ClO2. The minimum absolute atomic E-state index is 0.0561. The van der Waals surface area contributed by atoms with Gasteiger partial charge in [0.2, 0.25) is 0 Å². The summed E-state index contributed by atoms with van der Waals surface area (Å²) in [6, 6.07) is 0. The molecule has 1 saturated carbocycles. The van der Waals surface area contributed by atoms with Crippen molar-refractivity contribution in [3.63, 3.8) is 0 Å². The van der Waals surface area contributed by atoms with Crippen LogP contribution in [0.15, 0.2) is 0 Å². The third-order valence-corrected chi connectivity index (χ3v) is 6.02. The van der Waals surface area contributed by atoms with Crippen molar-refractivity contribution in [2.45, 2.75) is 134 Å². The minimum atomic E-state index is -0.419. The summed E-state index contributed by atoms with van der Waals surface area (Å²) in [6.07, 6.45) is 23.9. The van der Waals surface area contributed by atoms with Gasteiger partial charge in [0.15, 0.2) is 5.56 Å². The molecule has 1 unspecified atom stereocenters. The van der Waals surface area contributed by atoms with Crippen molar-refractivity contribution in [2.24, 2.45) is 5.92 Å². The first-order valence-corrected chi connectivity index (χ1v) is 12.0. The first-order chi connectivity index (χ1) is 12.7. The van der Waals surface area contributed by atoms with Gasteiger partial charge in [-0.2, -0.15) is 0 Å². The van der Waals surface area contributed by atoms with Crippen molar-refractivity contribution in [1.82, 2.24) is 0 Å². The largest absolute Gasteiger partial charge is 0.446 e. The van der Waals surface area contributed by atoms with Gasteiger partial charge < -0.3 is 4.74 Å². The van der Waals surface area contributed by atoms with Crippen LogP contribution in [0.25, 0.3) is 0 Å². The lowest BCUT2D eigenvalue weighted by molar-refractivity contribution is -0.151. The number of carbonyl (C=O) groups excluding carboxylic acids is 1. The molecule has 1 aliphatic carbocycles. The first-order valence-electron chi connectivity index (χ1n) is 11.6. The van der Waals surface area contributed by atoms with E-state index in [0.717, 1.165) is 38.5 Å². The zero-order chi connectivity index (χ0) is 18.9. The highest BCUT2D eigenvalue weighted by Gasteiger charge is 2.24. The second-order valence-electron chi connectivity index (χ2n) is 8.21. The average Bonchev–Trinajstić information content (AvgIpc) is 2.66. The van der Waals surface area contributed by atoms with Gasteiger partial charge in [0.05, 0.1) is 5.92 Å². The molecule has 0 saturated heterocycles. The monoisotopic (exact) mass is 386 g/mol. The van der Waals surface area contributed by atoms with Crippen LogP contribution >= 0.6 is 11.6 Å². The standard InChI is InChI=1S/C23H43ClO2/c1-2-3-4-5-6-7-8-9-10-11-12-13-17-20-22(24)26-23(25)21-18-15-14-16-19-21/h21-22H,2-20H2,1H3. The number of ether oxygens (including phenoxy) is 1. The van der Waals surface area contributed by atoms with Crippen molar-refractivity contribution in [3.05, 3.63) is 0 Å². The summed E-state index contributed by atoms with van der Waals surface area (Å²) in [5, 5.41) is 0. The van der Waals surface area contributed by atoms with E-state index in [1.165, 1.54) is 83.5 Å². The summed E-state index contributed by atoms with van der Waals surface area (Å²) >= 11 is 6.19. The average molecular weight is 387 g/mol. The predicted molar refractivity (Wildman–Crippen MR) is 113 cm³/mol. The predicted octanol–water partition coefficient (Wildman–Crippen LogP) is 8.16. The molecule has 0 bridgehead atoms. The van der Waals surface area contributed by atoms with Gasteiger partial charge in [0.1, 0.15) is 0 Å². The zero-order valence-electron chi connectivity index (χ0n) is 17.3. The summed E-state index contributed by atoms with van der Waals surface area (Å²) in [6.45, 7) is 2.28. The molecule has 0 spiro atoms. The molecule has 0 heterocycles. The van der Waals surface area contributed by atoms with Gasteiger partial charge in [-0.3, -0.25) is 4.79 Å². The maximum atomic E-state index is 12.0. The first kappa shape index (κ1) is 23.8. The zero-order valence-corrected chi connectivity index (χ0v) is 18.0. The molecule has 0 N–H and O–H groups in total. The molecule has 0 aliphatic heterocycles. The van der Waals surface area contributed by atoms with Gasteiger partial charge in [-0.15, -0.1) is 0 Å². The third kappa shape index (κ3) is 13.0. The second kappa shape index (κ2) is 16.9. The normalized spacial score (nSPS) is 16.5. The summed E-state index contributed by atoms with van der Waals surface area (Å²) in [4.78, 5) is 12.0. The van der Waals surface area contributed by atoms with E-state index < -0.39 is 5.56 Å². The fourth-order valence-electron chi connectivity index (χ4n) is 3.94. The van der Waals surface area contributed by atoms with Gasteiger partial charge in [-0.1, -0.05) is 115 Å². The molecule has 3 heteroatoms. The van der Waals surface area contributed by atoms with E-state index in [1.807, 2.05) is 0 Å². The Kier molecular flexibility index (Phi) is 15.5. The molecule has 0 radical (unpaired) electrons. The topological polar surface area (TPSA) is 26.3 Å². The number of alkyl halides is 1. The smallest absolute Gasteiger partial charge is 0.310 e. The Labute approximate surface area is 167 Å². The Morgan fingerprint density at radius 1 is 0.808 bits per heavy atom. The maximum absolute atomic E-state index is 12.0. The summed E-state index contributed by atoms with van der Waals surface area (Å²) in [5.74, 6) is 0.0519. The number of esters is 1. The lowest BCUT2D eigenvalue weighted by atomic mass is 9.89. The lowest BCUT2D eigenvalue weighted by Crippen LogP contribution is -2.23. The second-order valence-corrected chi connectivity index (χ2v) is 8.70. The molecule has 1 aliphatic rings. The molecule has 0 aromatic carbocycles. The van der Waals surface area contributed by atoms with Crippen LogP contribution in [-0.2, 0) is 9.53 Å². The summed E-state index contributed by atoms with van der Waals surface area (Å²) in [7, 11) is 0. The fourth-order valence-corrected chi connectivity index (χ4v) is 4.18. The molecule has 26 heavy (non-hydrogen) atoms. The maximum Gasteiger partial charge on any atom is 0.310 e. The van der Waals surface area contributed by atoms with Crippen molar-refractivity contribution < 1.29 is 9.53 Å². The highest BCUT2D eigenvalue weighted by Crippen LogP contribution is 2.26. The quantitative estimate of drug-likeness (QED) is 0.152. The SMILES string of the molecule is CCCCCCCCCCCCCCCC(Cl)OC(=O)C1CCCCC1. The molecule has 1 atom stereocenters. The van der Waals surface area contributed by atoms with Crippen molar-refractivity contribution in [2.75, 3.05) is 0 Å². The van der Waals surface area contributed by atoms with Crippen molar-refractivity contribution in [3.8, 4) is 0 Å². The molecule has 1 fully saturated rings. The highest BCUT2D eigenvalue weighted by atomic mass is 35.5. The van der Waals surface area contributed by atoms with E-state index in [-0.39, 0.29) is 11.9 Å². The number of halogens is 1. The van der Waals surface area contributed by atoms with Crippen molar-refractivity contribution in [1.29, 1.82) is 0 Å². The van der Waals surface area contributed by atoms with E-state index in [1.54, 1.807) is 0 Å². The minimum Gasteiger partial charge on any atom is -0.446 e. The number of rotatable bonds is 16. The van der Waals surface area contributed by atoms with Crippen LogP contribution in [0.5, 0.6) is 0 Å². The van der Waals surface area contributed by atoms with Crippen LogP contribution in [0, 0.1) is 5.92 Å². The Bertz CT molecular complexity index is 326. The van der Waals surface area contributed by atoms with Crippen LogP contribution in [0.4, 0.5) is 0 Å². The van der Waals surface area contributed by atoms with E-state index in [0.29, 0.717) is 0 Å². The Morgan fingerprint density at radius 2 is 1.27 bits per heavy atom. The molecule has 2 nitrogen and oxygen atoms in total. The van der Waals surface area contributed by atoms with Gasteiger partial charge in [-0.25, -0.2) is 0 Å². The van der Waals surface area contributed by atoms with Crippen LogP contribution < -0.4 is 0 Å². The number of unbranched alkanes of at least 4 members (excludes halogenated alkanes) is 12. The van der Waals surface area contributed by atoms with E-state index in [4.69, 9.17) is 16.3 Å².